The number of esters is 1. The summed E-state index contributed by atoms with van der Waals surface area (Å²) >= 11 is 3.34. The molecule has 0 saturated carbocycles. The molecule has 15 heavy (non-hydrogen) atoms. The maximum atomic E-state index is 13.8. The van der Waals surface area contributed by atoms with E-state index in [2.05, 4.69) is 15.9 Å². The first-order valence-corrected chi connectivity index (χ1v) is 5.92. The second-order valence-corrected chi connectivity index (χ2v) is 4.89. The first-order chi connectivity index (χ1) is 6.93. The van der Waals surface area contributed by atoms with E-state index >= 15 is 0 Å². The Morgan fingerprint density at radius 3 is 2.60 bits per heavy atom. The summed E-state index contributed by atoms with van der Waals surface area (Å²) in [6, 6.07) is 0. The van der Waals surface area contributed by atoms with Crippen LogP contribution < -0.4 is 0 Å². The number of hydrogen-bond donors (Lipinski definition) is 0. The lowest BCUT2D eigenvalue weighted by molar-refractivity contribution is -0.158. The summed E-state index contributed by atoms with van der Waals surface area (Å²) in [7, 11) is 0. The van der Waals surface area contributed by atoms with Gasteiger partial charge in [-0.3, -0.25) is 4.79 Å². The molecule has 1 heterocycles. The zero-order valence-corrected chi connectivity index (χ0v) is 10.7. The molecule has 0 aromatic rings. The van der Waals surface area contributed by atoms with Crippen molar-refractivity contribution >= 4 is 21.9 Å². The molecule has 1 saturated heterocycles. The number of hydrogen-bond acceptors (Lipinski definition) is 3. The van der Waals surface area contributed by atoms with Gasteiger partial charge in [0.25, 0.3) is 0 Å². The van der Waals surface area contributed by atoms with Crippen molar-refractivity contribution in [3.05, 3.63) is 0 Å². The van der Waals surface area contributed by atoms with Gasteiger partial charge in [-0.2, -0.15) is 0 Å². The fourth-order valence-corrected chi connectivity index (χ4v) is 2.32. The van der Waals surface area contributed by atoms with Crippen LogP contribution in [-0.4, -0.2) is 29.9 Å². The minimum atomic E-state index is -1.09. The van der Waals surface area contributed by atoms with E-state index < -0.39 is 18.2 Å². The fraction of sp³-hybridized carbons (Fsp3) is 0.900. The van der Waals surface area contributed by atoms with Gasteiger partial charge in [0.05, 0.1) is 0 Å². The smallest absolute Gasteiger partial charge is 0.302 e. The van der Waals surface area contributed by atoms with Gasteiger partial charge in [-0.15, -0.1) is 0 Å². The van der Waals surface area contributed by atoms with Crippen molar-refractivity contribution < 1.29 is 18.7 Å². The van der Waals surface area contributed by atoms with Gasteiger partial charge < -0.3 is 9.47 Å². The molecule has 0 N–H and O–H groups in total. The first kappa shape index (κ1) is 12.9. The Balaban J connectivity index is 2.54. The van der Waals surface area contributed by atoms with Crippen LogP contribution in [0.25, 0.3) is 0 Å². The molecule has 0 spiro atoms. The van der Waals surface area contributed by atoms with Gasteiger partial charge >= 0.3 is 5.97 Å². The van der Waals surface area contributed by atoms with Crippen LogP contribution in [0.5, 0.6) is 0 Å². The molecule has 1 aliphatic heterocycles. The van der Waals surface area contributed by atoms with Crippen molar-refractivity contribution in [3.63, 3.8) is 0 Å². The largest absolute Gasteiger partial charge is 0.463 e. The maximum Gasteiger partial charge on any atom is 0.302 e. The highest BCUT2D eigenvalue weighted by Crippen LogP contribution is 2.35. The average Bonchev–Trinajstić information content (AvgIpc) is 2.18. The highest BCUT2D eigenvalue weighted by atomic mass is 79.9. The summed E-state index contributed by atoms with van der Waals surface area (Å²) in [6.45, 7) is 5.05. The molecule has 0 bridgehead atoms. The standard InChI is InChI=1S/C10H16BrFO3/c1-5-6(2)10(11)15-8(9(5)12)4-14-7(3)13/h5-6,8-10H,4H2,1-3H3. The zero-order chi connectivity index (χ0) is 11.6. The van der Waals surface area contributed by atoms with Crippen LogP contribution >= 0.6 is 15.9 Å². The van der Waals surface area contributed by atoms with Crippen molar-refractivity contribution in [2.75, 3.05) is 6.61 Å². The zero-order valence-electron chi connectivity index (χ0n) is 9.07. The number of ether oxygens (including phenoxy) is 2. The lowest BCUT2D eigenvalue weighted by atomic mass is 9.87. The summed E-state index contributed by atoms with van der Waals surface area (Å²) in [5, 5.41) is -0.181. The van der Waals surface area contributed by atoms with E-state index in [1.165, 1.54) is 6.92 Å². The molecule has 3 nitrogen and oxygen atoms in total. The summed E-state index contributed by atoms with van der Waals surface area (Å²) < 4.78 is 23.9. The van der Waals surface area contributed by atoms with E-state index in [-0.39, 0.29) is 23.5 Å². The highest BCUT2D eigenvalue weighted by Gasteiger charge is 2.41. The highest BCUT2D eigenvalue weighted by molar-refractivity contribution is 9.09. The van der Waals surface area contributed by atoms with E-state index in [9.17, 15) is 9.18 Å². The van der Waals surface area contributed by atoms with Crippen LogP contribution in [0.3, 0.4) is 0 Å². The van der Waals surface area contributed by atoms with E-state index in [4.69, 9.17) is 9.47 Å². The summed E-state index contributed by atoms with van der Waals surface area (Å²) in [6.07, 6.45) is -1.75. The van der Waals surface area contributed by atoms with Crippen molar-refractivity contribution in [2.24, 2.45) is 11.8 Å². The monoisotopic (exact) mass is 282 g/mol. The molecule has 88 valence electrons. The van der Waals surface area contributed by atoms with Crippen LogP contribution in [0, 0.1) is 11.8 Å². The molecular formula is C10H16BrFO3. The third-order valence-corrected chi connectivity index (χ3v) is 3.91. The fourth-order valence-electron chi connectivity index (χ4n) is 1.56. The maximum absolute atomic E-state index is 13.8. The Labute approximate surface area is 97.4 Å². The minimum Gasteiger partial charge on any atom is -0.463 e. The SMILES string of the molecule is CC(=O)OCC1OC(Br)C(C)C(C)C1F. The second-order valence-electron chi connectivity index (χ2n) is 3.99. The molecule has 5 unspecified atom stereocenters. The Bertz CT molecular complexity index is 237. The number of halogens is 2. The Kier molecular flexibility index (Phi) is 4.52. The molecule has 1 aliphatic rings. The van der Waals surface area contributed by atoms with Gasteiger partial charge in [-0.25, -0.2) is 4.39 Å². The first-order valence-electron chi connectivity index (χ1n) is 5.00. The number of carbonyl (C=O) groups excluding carboxylic acids is 1. The molecule has 1 fully saturated rings. The van der Waals surface area contributed by atoms with Gasteiger partial charge in [0.15, 0.2) is 0 Å². The molecule has 0 aromatic carbocycles. The molecule has 5 atom stereocenters. The minimum absolute atomic E-state index is 0.0182. The predicted molar refractivity (Wildman–Crippen MR) is 57.4 cm³/mol. The average molecular weight is 283 g/mol. The molecule has 1 rings (SSSR count). The van der Waals surface area contributed by atoms with Gasteiger partial charge in [0, 0.05) is 6.92 Å². The van der Waals surface area contributed by atoms with Crippen LogP contribution in [0.4, 0.5) is 4.39 Å². The third-order valence-electron chi connectivity index (χ3n) is 2.86. The van der Waals surface area contributed by atoms with Crippen LogP contribution in [0.1, 0.15) is 20.8 Å². The molecular weight excluding hydrogens is 267 g/mol. The van der Waals surface area contributed by atoms with Crippen molar-refractivity contribution in [3.8, 4) is 0 Å². The lowest BCUT2D eigenvalue weighted by Crippen LogP contribution is -2.47. The molecule has 0 amide bonds. The summed E-state index contributed by atoms with van der Waals surface area (Å²) in [4.78, 5) is 10.6. The van der Waals surface area contributed by atoms with Crippen molar-refractivity contribution in [1.82, 2.24) is 0 Å². The van der Waals surface area contributed by atoms with E-state index in [1.54, 1.807) is 0 Å². The van der Waals surface area contributed by atoms with Gasteiger partial charge in [0.1, 0.15) is 23.9 Å². The summed E-state index contributed by atoms with van der Waals surface area (Å²) in [5.41, 5.74) is 0. The van der Waals surface area contributed by atoms with Crippen molar-refractivity contribution in [1.29, 1.82) is 0 Å². The van der Waals surface area contributed by atoms with Crippen LogP contribution in [-0.2, 0) is 14.3 Å². The normalized spacial score (nSPS) is 41.3. The molecule has 0 radical (unpaired) electrons. The van der Waals surface area contributed by atoms with E-state index in [1.807, 2.05) is 13.8 Å². The number of alkyl halides is 2. The number of carbonyl (C=O) groups is 1. The van der Waals surface area contributed by atoms with Gasteiger partial charge in [-0.05, 0) is 11.8 Å². The molecule has 5 heteroatoms. The Morgan fingerprint density at radius 1 is 1.47 bits per heavy atom. The van der Waals surface area contributed by atoms with Crippen LogP contribution in [0.2, 0.25) is 0 Å². The van der Waals surface area contributed by atoms with E-state index in [0.717, 1.165) is 0 Å². The molecule has 0 aliphatic carbocycles. The van der Waals surface area contributed by atoms with Gasteiger partial charge in [0.2, 0.25) is 0 Å². The molecule has 0 aromatic heterocycles. The topological polar surface area (TPSA) is 35.5 Å². The Hall–Kier alpha value is -0.160. The summed E-state index contributed by atoms with van der Waals surface area (Å²) in [5.74, 6) is -0.416. The van der Waals surface area contributed by atoms with Crippen LogP contribution in [0.15, 0.2) is 0 Å². The number of rotatable bonds is 2. The Morgan fingerprint density at radius 2 is 2.07 bits per heavy atom. The second kappa shape index (κ2) is 5.25. The van der Waals surface area contributed by atoms with Crippen molar-refractivity contribution in [2.45, 2.75) is 38.1 Å². The third kappa shape index (κ3) is 3.14. The quantitative estimate of drug-likeness (QED) is 0.576. The lowest BCUT2D eigenvalue weighted by Gasteiger charge is -2.38. The van der Waals surface area contributed by atoms with E-state index in [0.29, 0.717) is 0 Å². The predicted octanol–water partition coefficient (Wildman–Crippen LogP) is 2.28. The van der Waals surface area contributed by atoms with Gasteiger partial charge in [-0.1, -0.05) is 29.8 Å².